The van der Waals surface area contributed by atoms with Crippen LogP contribution in [0.4, 0.5) is 4.79 Å². The highest BCUT2D eigenvalue weighted by molar-refractivity contribution is 6.21. The van der Waals surface area contributed by atoms with E-state index in [4.69, 9.17) is 51.6 Å². The molecule has 0 bridgehead atoms. The quantitative estimate of drug-likeness (QED) is 0.486. The van der Waals surface area contributed by atoms with Crippen molar-refractivity contribution in [1.29, 1.82) is 0 Å². The zero-order valence-corrected chi connectivity index (χ0v) is 17.5. The second-order valence-electron chi connectivity index (χ2n) is 7.50. The molecule has 0 saturated carbocycles. The molecule has 26 heavy (non-hydrogen) atoms. The van der Waals surface area contributed by atoms with Gasteiger partial charge < -0.3 is 28.4 Å². The summed E-state index contributed by atoms with van der Waals surface area (Å²) in [5.74, 6) is -1.51. The van der Waals surface area contributed by atoms with Crippen LogP contribution in [-0.4, -0.2) is 66.1 Å². The number of alkyl halides is 2. The second kappa shape index (κ2) is 8.37. The van der Waals surface area contributed by atoms with E-state index in [-0.39, 0.29) is 13.2 Å². The van der Waals surface area contributed by atoms with Gasteiger partial charge >= 0.3 is 6.16 Å². The third-order valence-electron chi connectivity index (χ3n) is 4.16. The summed E-state index contributed by atoms with van der Waals surface area (Å²) in [5, 5.41) is -0.996. The van der Waals surface area contributed by atoms with E-state index in [1.807, 2.05) is 0 Å². The largest absolute Gasteiger partial charge is 0.509 e. The summed E-state index contributed by atoms with van der Waals surface area (Å²) in [5.41, 5.74) is 0. The van der Waals surface area contributed by atoms with E-state index < -0.39 is 52.9 Å². The fourth-order valence-corrected chi connectivity index (χ4v) is 3.36. The summed E-state index contributed by atoms with van der Waals surface area (Å²) < 4.78 is 33.4. The Morgan fingerprint density at radius 1 is 0.885 bits per heavy atom. The summed E-state index contributed by atoms with van der Waals surface area (Å²) in [6.45, 7) is 11.1. The Bertz CT molecular complexity index is 454. The van der Waals surface area contributed by atoms with Crippen LogP contribution in [0.5, 0.6) is 0 Å². The van der Waals surface area contributed by atoms with Crippen molar-refractivity contribution in [2.45, 2.75) is 88.3 Å². The Labute approximate surface area is 164 Å². The Balaban J connectivity index is 1.97. The van der Waals surface area contributed by atoms with E-state index in [1.165, 1.54) is 0 Å². The molecule has 2 heterocycles. The smallest absolute Gasteiger partial charge is 0.427 e. The van der Waals surface area contributed by atoms with E-state index >= 15 is 0 Å². The van der Waals surface area contributed by atoms with Crippen molar-refractivity contribution in [3.63, 3.8) is 0 Å². The molecular weight excluding hydrogens is 387 g/mol. The lowest BCUT2D eigenvalue weighted by Gasteiger charge is -2.29. The Morgan fingerprint density at radius 2 is 1.23 bits per heavy atom. The molecule has 0 aromatic carbocycles. The van der Waals surface area contributed by atoms with Crippen LogP contribution in [0.2, 0.25) is 0 Å². The molecule has 0 radical (unpaired) electrons. The van der Waals surface area contributed by atoms with Gasteiger partial charge in [-0.2, -0.15) is 0 Å². The lowest BCUT2D eigenvalue weighted by molar-refractivity contribution is -0.160. The molecule has 0 aromatic heterocycles. The molecule has 0 N–H and O–H groups in total. The highest BCUT2D eigenvalue weighted by atomic mass is 35.5. The third kappa shape index (κ3) is 5.84. The minimum absolute atomic E-state index is 0.269. The predicted octanol–water partition coefficient (Wildman–Crippen LogP) is 3.43. The zero-order chi connectivity index (χ0) is 19.7. The normalized spacial score (nSPS) is 31.8. The number of halogens is 2. The molecule has 7 nitrogen and oxygen atoms in total. The molecule has 0 aromatic rings. The van der Waals surface area contributed by atoms with Crippen LogP contribution >= 0.6 is 23.2 Å². The predicted molar refractivity (Wildman–Crippen MR) is 95.6 cm³/mol. The van der Waals surface area contributed by atoms with Crippen LogP contribution in [0, 0.1) is 0 Å². The number of hydrogen-bond donors (Lipinski definition) is 0. The van der Waals surface area contributed by atoms with Gasteiger partial charge in [0.25, 0.3) is 0 Å². The highest BCUT2D eigenvalue weighted by Gasteiger charge is 2.44. The first-order chi connectivity index (χ1) is 11.9. The summed E-state index contributed by atoms with van der Waals surface area (Å²) >= 11 is 12.4. The average Bonchev–Trinajstić information content (AvgIpc) is 3.03. The molecule has 6 atom stereocenters. The van der Waals surface area contributed by atoms with E-state index in [2.05, 4.69) is 0 Å². The minimum atomic E-state index is -0.887. The van der Waals surface area contributed by atoms with Gasteiger partial charge in [0, 0.05) is 0 Å². The molecule has 4 unspecified atom stereocenters. The number of carbonyl (C=O) groups excluding carboxylic acids is 1. The maximum absolute atomic E-state index is 12.4. The van der Waals surface area contributed by atoms with Gasteiger partial charge in [0.05, 0.1) is 24.0 Å². The topological polar surface area (TPSA) is 72.5 Å². The van der Waals surface area contributed by atoms with Gasteiger partial charge in [-0.05, 0) is 41.5 Å². The van der Waals surface area contributed by atoms with Crippen molar-refractivity contribution in [3.05, 3.63) is 0 Å². The maximum atomic E-state index is 12.4. The van der Waals surface area contributed by atoms with E-state index in [1.54, 1.807) is 41.5 Å². The highest BCUT2D eigenvalue weighted by Crippen LogP contribution is 2.30. The molecule has 2 aliphatic rings. The van der Waals surface area contributed by atoms with Crippen LogP contribution in [0.15, 0.2) is 0 Å². The van der Waals surface area contributed by atoms with Gasteiger partial charge in [0.15, 0.2) is 11.6 Å². The second-order valence-corrected chi connectivity index (χ2v) is 8.88. The summed E-state index contributed by atoms with van der Waals surface area (Å²) in [4.78, 5) is 12.4. The molecule has 9 heteroatoms. The first kappa shape index (κ1) is 22.0. The van der Waals surface area contributed by atoms with Crippen molar-refractivity contribution in [3.8, 4) is 0 Å². The third-order valence-corrected chi connectivity index (χ3v) is 4.66. The van der Waals surface area contributed by atoms with Crippen molar-refractivity contribution in [2.24, 2.45) is 0 Å². The van der Waals surface area contributed by atoms with Crippen molar-refractivity contribution >= 4 is 29.4 Å². The lowest BCUT2D eigenvalue weighted by atomic mass is 10.1. The number of hydrogen-bond acceptors (Lipinski definition) is 7. The zero-order valence-electron chi connectivity index (χ0n) is 16.0. The van der Waals surface area contributed by atoms with Gasteiger partial charge in [-0.25, -0.2) is 4.79 Å². The van der Waals surface area contributed by atoms with Gasteiger partial charge in [0.2, 0.25) is 0 Å². The molecule has 2 rings (SSSR count). The Hall–Kier alpha value is -0.310. The molecule has 0 amide bonds. The van der Waals surface area contributed by atoms with E-state index in [9.17, 15) is 4.79 Å². The number of ether oxygens (including phenoxy) is 6. The number of carbonyl (C=O) groups is 1. The SMILES string of the molecule is CC(Cl)C(OC(=O)OC(C(C)Cl)[C@@H]1COC(C)(C)O1)[C@@H]1COC(C)(C)O1. The molecule has 0 spiro atoms. The van der Waals surface area contributed by atoms with Crippen molar-refractivity contribution < 1.29 is 33.2 Å². The van der Waals surface area contributed by atoms with Gasteiger partial charge in [-0.3, -0.25) is 0 Å². The fourth-order valence-electron chi connectivity index (χ4n) is 2.94. The lowest BCUT2D eigenvalue weighted by Crippen LogP contribution is -2.44. The first-order valence-electron chi connectivity index (χ1n) is 8.69. The molecular formula is C17H28Cl2O7. The van der Waals surface area contributed by atoms with Crippen LogP contribution in [0.1, 0.15) is 41.5 Å². The fraction of sp³-hybridized carbons (Fsp3) is 0.941. The average molecular weight is 415 g/mol. The first-order valence-corrected chi connectivity index (χ1v) is 9.56. The summed E-state index contributed by atoms with van der Waals surface area (Å²) in [6, 6.07) is 0. The summed E-state index contributed by atoms with van der Waals surface area (Å²) in [7, 11) is 0. The summed E-state index contributed by atoms with van der Waals surface area (Å²) in [6.07, 6.45) is -3.31. The van der Waals surface area contributed by atoms with Crippen molar-refractivity contribution in [1.82, 2.24) is 0 Å². The van der Waals surface area contributed by atoms with E-state index in [0.717, 1.165) is 0 Å². The molecule has 2 aliphatic heterocycles. The minimum Gasteiger partial charge on any atom is -0.427 e. The maximum Gasteiger partial charge on any atom is 0.509 e. The Kier molecular flexibility index (Phi) is 7.08. The van der Waals surface area contributed by atoms with E-state index in [0.29, 0.717) is 0 Å². The van der Waals surface area contributed by atoms with Crippen molar-refractivity contribution in [2.75, 3.05) is 13.2 Å². The number of rotatable bonds is 6. The van der Waals surface area contributed by atoms with Crippen LogP contribution in [-0.2, 0) is 28.4 Å². The van der Waals surface area contributed by atoms with Crippen LogP contribution in [0.25, 0.3) is 0 Å². The molecule has 2 fully saturated rings. The van der Waals surface area contributed by atoms with Crippen LogP contribution < -0.4 is 0 Å². The Morgan fingerprint density at radius 3 is 1.46 bits per heavy atom. The van der Waals surface area contributed by atoms with Gasteiger partial charge in [0.1, 0.15) is 24.4 Å². The van der Waals surface area contributed by atoms with Gasteiger partial charge in [-0.1, -0.05) is 0 Å². The van der Waals surface area contributed by atoms with Gasteiger partial charge in [-0.15, -0.1) is 23.2 Å². The molecule has 152 valence electrons. The molecule has 2 saturated heterocycles. The standard InChI is InChI=1S/C17H28Cl2O7/c1-9(18)13(11-7-21-16(3,4)25-11)23-15(20)24-14(10(2)19)12-8-22-17(5,6)26-12/h9-14H,7-8H2,1-6H3/t9?,10?,11-,12-,13?,14?/m0/s1. The molecule has 0 aliphatic carbocycles. The monoisotopic (exact) mass is 414 g/mol. The van der Waals surface area contributed by atoms with Crippen LogP contribution in [0.3, 0.4) is 0 Å².